The van der Waals surface area contributed by atoms with Gasteiger partial charge in [-0.2, -0.15) is 0 Å². The number of nitrogens with one attached hydrogen (secondary N) is 1. The van der Waals surface area contributed by atoms with Crippen LogP contribution >= 0.6 is 0 Å². The first kappa shape index (κ1) is 13.8. The van der Waals surface area contributed by atoms with Gasteiger partial charge in [0.1, 0.15) is 0 Å². The van der Waals surface area contributed by atoms with Gasteiger partial charge in [0.2, 0.25) is 5.91 Å². The van der Waals surface area contributed by atoms with E-state index in [4.69, 9.17) is 4.74 Å². The smallest absolute Gasteiger partial charge is 0.222 e. The number of rotatable bonds is 5. The monoisotopic (exact) mass is 254 g/mol. The minimum Gasteiger partial charge on any atom is -0.381 e. The fourth-order valence-electron chi connectivity index (χ4n) is 3.15. The van der Waals surface area contributed by atoms with Gasteiger partial charge in [0.15, 0.2) is 0 Å². The lowest BCUT2D eigenvalue weighted by molar-refractivity contribution is -0.128. The van der Waals surface area contributed by atoms with E-state index in [9.17, 15) is 4.79 Å². The summed E-state index contributed by atoms with van der Waals surface area (Å²) in [5.41, 5.74) is 0. The Morgan fingerprint density at radius 2 is 2.11 bits per heavy atom. The minimum absolute atomic E-state index is 0.326. The number of methoxy groups -OCH3 is 1. The van der Waals surface area contributed by atoms with Crippen molar-refractivity contribution in [2.75, 3.05) is 20.2 Å². The number of nitrogens with zero attached hydrogens (tertiary/aromatic N) is 1. The topological polar surface area (TPSA) is 41.6 Å². The molecule has 1 atom stereocenters. The number of likely N-dealkylation sites (tertiary alicyclic amines) is 1. The molecule has 1 N–H and O–H groups in total. The highest BCUT2D eigenvalue weighted by Gasteiger charge is 2.25. The standard InChI is InChI=1S/C14H26N2O2/c1-11(10-16-9-3-4-14(16)17)15-12-5-7-13(18-2)8-6-12/h11-13,15H,3-10H2,1-2H3. The van der Waals surface area contributed by atoms with Crippen LogP contribution in [0.5, 0.6) is 0 Å². The fourth-order valence-corrected chi connectivity index (χ4v) is 3.15. The summed E-state index contributed by atoms with van der Waals surface area (Å²) in [4.78, 5) is 13.6. The maximum atomic E-state index is 11.6. The number of hydrogen-bond acceptors (Lipinski definition) is 3. The van der Waals surface area contributed by atoms with Crippen LogP contribution in [0.3, 0.4) is 0 Å². The molecule has 1 heterocycles. The molecule has 18 heavy (non-hydrogen) atoms. The second-order valence-electron chi connectivity index (χ2n) is 5.72. The molecule has 0 aromatic rings. The first-order chi connectivity index (χ1) is 8.69. The number of amides is 1. The van der Waals surface area contributed by atoms with Crippen molar-refractivity contribution >= 4 is 5.91 Å². The Labute approximate surface area is 110 Å². The van der Waals surface area contributed by atoms with Crippen LogP contribution in [-0.2, 0) is 9.53 Å². The molecule has 2 fully saturated rings. The van der Waals surface area contributed by atoms with Crippen molar-refractivity contribution in [2.45, 2.75) is 63.6 Å². The normalized spacial score (nSPS) is 30.8. The molecule has 4 nitrogen and oxygen atoms in total. The van der Waals surface area contributed by atoms with Gasteiger partial charge in [0, 0.05) is 38.7 Å². The van der Waals surface area contributed by atoms with Crippen LogP contribution in [0.15, 0.2) is 0 Å². The van der Waals surface area contributed by atoms with Crippen molar-refractivity contribution < 1.29 is 9.53 Å². The average Bonchev–Trinajstić information content (AvgIpc) is 2.76. The lowest BCUT2D eigenvalue weighted by Crippen LogP contribution is -2.46. The molecule has 1 saturated heterocycles. The van der Waals surface area contributed by atoms with E-state index in [2.05, 4.69) is 12.2 Å². The average molecular weight is 254 g/mol. The van der Waals surface area contributed by atoms with Gasteiger partial charge in [-0.25, -0.2) is 0 Å². The van der Waals surface area contributed by atoms with E-state index in [1.165, 1.54) is 12.8 Å². The van der Waals surface area contributed by atoms with Gasteiger partial charge in [-0.15, -0.1) is 0 Å². The van der Waals surface area contributed by atoms with Gasteiger partial charge >= 0.3 is 0 Å². The van der Waals surface area contributed by atoms with E-state index >= 15 is 0 Å². The van der Waals surface area contributed by atoms with Crippen molar-refractivity contribution in [3.05, 3.63) is 0 Å². The molecule has 1 aliphatic carbocycles. The second-order valence-corrected chi connectivity index (χ2v) is 5.72. The van der Waals surface area contributed by atoms with Gasteiger partial charge in [-0.1, -0.05) is 0 Å². The van der Waals surface area contributed by atoms with Crippen molar-refractivity contribution in [2.24, 2.45) is 0 Å². The zero-order chi connectivity index (χ0) is 13.0. The molecule has 0 bridgehead atoms. The largest absolute Gasteiger partial charge is 0.381 e. The Balaban J connectivity index is 1.68. The lowest BCUT2D eigenvalue weighted by Gasteiger charge is -2.31. The first-order valence-electron chi connectivity index (χ1n) is 7.25. The van der Waals surface area contributed by atoms with Gasteiger partial charge in [-0.3, -0.25) is 4.79 Å². The zero-order valence-electron chi connectivity index (χ0n) is 11.7. The number of hydrogen-bond donors (Lipinski definition) is 1. The lowest BCUT2D eigenvalue weighted by atomic mass is 9.92. The summed E-state index contributed by atoms with van der Waals surface area (Å²) in [5.74, 6) is 0.326. The number of carbonyl (C=O) groups excluding carboxylic acids is 1. The third-order valence-electron chi connectivity index (χ3n) is 4.19. The molecular weight excluding hydrogens is 228 g/mol. The van der Waals surface area contributed by atoms with E-state index in [0.717, 1.165) is 38.8 Å². The molecule has 0 spiro atoms. The third kappa shape index (κ3) is 3.69. The van der Waals surface area contributed by atoms with Crippen molar-refractivity contribution in [1.82, 2.24) is 10.2 Å². The molecule has 1 aliphatic heterocycles. The summed E-state index contributed by atoms with van der Waals surface area (Å²) in [7, 11) is 1.81. The zero-order valence-corrected chi connectivity index (χ0v) is 11.7. The predicted octanol–water partition coefficient (Wildman–Crippen LogP) is 1.54. The number of ether oxygens (including phenoxy) is 1. The number of carbonyl (C=O) groups is 1. The van der Waals surface area contributed by atoms with Crippen LogP contribution in [0, 0.1) is 0 Å². The molecule has 104 valence electrons. The maximum Gasteiger partial charge on any atom is 0.222 e. The summed E-state index contributed by atoms with van der Waals surface area (Å²) in [6.45, 7) is 4.00. The molecule has 0 aromatic heterocycles. The van der Waals surface area contributed by atoms with E-state index in [0.29, 0.717) is 24.1 Å². The Morgan fingerprint density at radius 1 is 1.39 bits per heavy atom. The summed E-state index contributed by atoms with van der Waals surface area (Å²) < 4.78 is 5.39. The molecule has 0 radical (unpaired) electrons. The summed E-state index contributed by atoms with van der Waals surface area (Å²) in [5, 5.41) is 3.66. The molecule has 1 amide bonds. The van der Waals surface area contributed by atoms with Crippen LogP contribution in [0.1, 0.15) is 45.4 Å². The fraction of sp³-hybridized carbons (Fsp3) is 0.929. The Hall–Kier alpha value is -0.610. The van der Waals surface area contributed by atoms with Crippen LogP contribution in [0.25, 0.3) is 0 Å². The van der Waals surface area contributed by atoms with E-state index in [1.54, 1.807) is 7.11 Å². The molecule has 1 unspecified atom stereocenters. The van der Waals surface area contributed by atoms with E-state index in [-0.39, 0.29) is 0 Å². The van der Waals surface area contributed by atoms with Crippen LogP contribution < -0.4 is 5.32 Å². The van der Waals surface area contributed by atoms with Gasteiger partial charge < -0.3 is 15.0 Å². The van der Waals surface area contributed by atoms with Gasteiger partial charge in [0.05, 0.1) is 6.10 Å². The quantitative estimate of drug-likeness (QED) is 0.809. The summed E-state index contributed by atoms with van der Waals surface area (Å²) >= 11 is 0. The van der Waals surface area contributed by atoms with Crippen molar-refractivity contribution in [1.29, 1.82) is 0 Å². The van der Waals surface area contributed by atoms with E-state index in [1.807, 2.05) is 4.90 Å². The molecule has 2 aliphatic rings. The van der Waals surface area contributed by atoms with Crippen molar-refractivity contribution in [3.63, 3.8) is 0 Å². The third-order valence-corrected chi connectivity index (χ3v) is 4.19. The summed E-state index contributed by atoms with van der Waals surface area (Å²) in [6.07, 6.45) is 6.93. The Kier molecular flexibility index (Phi) is 5.01. The van der Waals surface area contributed by atoms with Crippen LogP contribution in [0.2, 0.25) is 0 Å². The van der Waals surface area contributed by atoms with Crippen LogP contribution in [0.4, 0.5) is 0 Å². The van der Waals surface area contributed by atoms with Gasteiger partial charge in [0.25, 0.3) is 0 Å². The van der Waals surface area contributed by atoms with Gasteiger partial charge in [-0.05, 0) is 39.0 Å². The second kappa shape index (κ2) is 6.53. The SMILES string of the molecule is COC1CCC(NC(C)CN2CCCC2=O)CC1. The molecule has 1 saturated carbocycles. The highest BCUT2D eigenvalue weighted by molar-refractivity contribution is 5.78. The Morgan fingerprint density at radius 3 is 2.67 bits per heavy atom. The molecule has 4 heteroatoms. The highest BCUT2D eigenvalue weighted by atomic mass is 16.5. The van der Waals surface area contributed by atoms with E-state index < -0.39 is 0 Å². The molecular formula is C14H26N2O2. The highest BCUT2D eigenvalue weighted by Crippen LogP contribution is 2.21. The predicted molar refractivity (Wildman–Crippen MR) is 71.5 cm³/mol. The minimum atomic E-state index is 0.326. The first-order valence-corrected chi connectivity index (χ1v) is 7.25. The Bertz CT molecular complexity index is 275. The molecule has 2 rings (SSSR count). The maximum absolute atomic E-state index is 11.6. The van der Waals surface area contributed by atoms with Crippen LogP contribution in [-0.4, -0.2) is 49.2 Å². The van der Waals surface area contributed by atoms with Crippen molar-refractivity contribution in [3.8, 4) is 0 Å². The molecule has 0 aromatic carbocycles. The summed E-state index contributed by atoms with van der Waals surface area (Å²) in [6, 6.07) is 1.00.